The number of hydrogen-bond donors (Lipinski definition) is 0. The zero-order valence-corrected chi connectivity index (χ0v) is 6.71. The van der Waals surface area contributed by atoms with E-state index in [2.05, 4.69) is 4.98 Å². The van der Waals surface area contributed by atoms with Crippen molar-refractivity contribution in [2.24, 2.45) is 0 Å². The first kappa shape index (κ1) is 8.22. The van der Waals surface area contributed by atoms with Gasteiger partial charge in [-0.25, -0.2) is 13.4 Å². The zero-order chi connectivity index (χ0) is 8.48. The molecule has 0 unspecified atom stereocenters. The molecule has 0 bridgehead atoms. The van der Waals surface area contributed by atoms with Crippen LogP contribution in [-0.2, 0) is 13.8 Å². The third-order valence-electron chi connectivity index (χ3n) is 0.949. The quantitative estimate of drug-likeness (QED) is 0.485. The van der Waals surface area contributed by atoms with Crippen molar-refractivity contribution in [3.63, 3.8) is 0 Å². The average Bonchev–Trinajstić information content (AvgIpc) is 2.32. The molecule has 0 radical (unpaired) electrons. The van der Waals surface area contributed by atoms with Crippen LogP contribution in [0.25, 0.3) is 0 Å². The van der Waals surface area contributed by atoms with Gasteiger partial charge >= 0.3 is 0 Å². The molecule has 0 saturated carbocycles. The molecule has 0 N–H and O–H groups in total. The van der Waals surface area contributed by atoms with Gasteiger partial charge in [0, 0.05) is 10.7 Å². The van der Waals surface area contributed by atoms with Gasteiger partial charge < -0.3 is 0 Å². The van der Waals surface area contributed by atoms with Crippen LogP contribution < -0.4 is 0 Å². The average molecular weight is 195 g/mol. The largest absolute Gasteiger partial charge is 0.280 e. The second-order valence-electron chi connectivity index (χ2n) is 1.70. The van der Waals surface area contributed by atoms with E-state index in [4.69, 9.17) is 10.7 Å². The van der Waals surface area contributed by atoms with Crippen molar-refractivity contribution in [3.8, 4) is 0 Å². The van der Waals surface area contributed by atoms with Crippen LogP contribution in [0.2, 0.25) is 0 Å². The van der Waals surface area contributed by atoms with E-state index in [9.17, 15) is 13.2 Å². The monoisotopic (exact) mass is 194 g/mol. The minimum absolute atomic E-state index is 0.328. The summed E-state index contributed by atoms with van der Waals surface area (Å²) < 4.78 is 22.0. The lowest BCUT2D eigenvalue weighted by molar-refractivity contribution is 0.547. The normalized spacial score (nSPS) is 11.4. The van der Waals surface area contributed by atoms with Gasteiger partial charge in [0.15, 0.2) is 5.03 Å². The van der Waals surface area contributed by atoms with Gasteiger partial charge in [-0.05, 0) is 0 Å². The molecule has 0 fully saturated rings. The minimum Gasteiger partial charge on any atom is -0.278 e. The number of halogens is 1. The summed E-state index contributed by atoms with van der Waals surface area (Å²) >= 11 is 0. The number of nitrogens with zero attached hydrogens (tertiary/aromatic N) is 2. The number of rotatable bonds is 2. The molecular weight excluding hydrogens is 192 g/mol. The number of imidazole rings is 1. The van der Waals surface area contributed by atoms with Gasteiger partial charge in [0.2, 0.25) is 6.41 Å². The molecule has 0 amide bonds. The Morgan fingerprint density at radius 2 is 2.27 bits per heavy atom. The van der Waals surface area contributed by atoms with Crippen molar-refractivity contribution in [2.45, 2.75) is 5.03 Å². The van der Waals surface area contributed by atoms with Crippen molar-refractivity contribution < 1.29 is 13.2 Å². The standard InChI is InChI=1S/C4H3ClN2O3S/c5-11(9,10)4-1-7(3-8)2-6-4/h1-3H. The van der Waals surface area contributed by atoms with Crippen molar-refractivity contribution >= 4 is 26.1 Å². The smallest absolute Gasteiger partial charge is 0.278 e. The summed E-state index contributed by atoms with van der Waals surface area (Å²) in [5.41, 5.74) is 0. The van der Waals surface area contributed by atoms with E-state index in [1.165, 1.54) is 0 Å². The van der Waals surface area contributed by atoms with Crippen LogP contribution >= 0.6 is 10.7 Å². The molecule has 1 aromatic heterocycles. The third-order valence-corrected chi connectivity index (χ3v) is 2.13. The topological polar surface area (TPSA) is 69.0 Å². The van der Waals surface area contributed by atoms with E-state index in [0.29, 0.717) is 6.41 Å². The molecule has 7 heteroatoms. The van der Waals surface area contributed by atoms with E-state index >= 15 is 0 Å². The summed E-state index contributed by atoms with van der Waals surface area (Å²) in [5, 5.41) is -0.328. The zero-order valence-electron chi connectivity index (χ0n) is 5.14. The highest BCUT2D eigenvalue weighted by Gasteiger charge is 2.12. The molecule has 1 aromatic rings. The fourth-order valence-corrected chi connectivity index (χ4v) is 1.16. The molecule has 11 heavy (non-hydrogen) atoms. The summed E-state index contributed by atoms with van der Waals surface area (Å²) in [4.78, 5) is 13.4. The second-order valence-corrected chi connectivity index (χ2v) is 4.22. The lowest BCUT2D eigenvalue weighted by atomic mass is 10.9. The molecule has 0 atom stereocenters. The van der Waals surface area contributed by atoms with Crippen LogP contribution in [0.15, 0.2) is 17.6 Å². The van der Waals surface area contributed by atoms with Gasteiger partial charge in [0.25, 0.3) is 9.05 Å². The first-order chi connectivity index (χ1) is 5.04. The van der Waals surface area contributed by atoms with Gasteiger partial charge in [-0.2, -0.15) is 0 Å². The Morgan fingerprint density at radius 1 is 1.64 bits per heavy atom. The third kappa shape index (κ3) is 1.78. The first-order valence-electron chi connectivity index (χ1n) is 2.47. The maximum atomic E-state index is 10.5. The summed E-state index contributed by atoms with van der Waals surface area (Å²) in [6.07, 6.45) is 2.50. The summed E-state index contributed by atoms with van der Waals surface area (Å²) in [6.45, 7) is 0. The Balaban J connectivity index is 3.18. The van der Waals surface area contributed by atoms with Crippen molar-refractivity contribution in [3.05, 3.63) is 12.5 Å². The number of carbonyl (C=O) groups is 1. The second kappa shape index (κ2) is 2.63. The van der Waals surface area contributed by atoms with E-state index < -0.39 is 9.05 Å². The van der Waals surface area contributed by atoms with Crippen LogP contribution in [0.3, 0.4) is 0 Å². The number of aromatic nitrogens is 2. The van der Waals surface area contributed by atoms with Crippen LogP contribution in [0.4, 0.5) is 0 Å². The van der Waals surface area contributed by atoms with E-state index in [1.807, 2.05) is 0 Å². The maximum absolute atomic E-state index is 10.5. The van der Waals surface area contributed by atoms with Gasteiger partial charge in [-0.3, -0.25) is 9.36 Å². The Kier molecular flexibility index (Phi) is 1.97. The highest BCUT2D eigenvalue weighted by Crippen LogP contribution is 2.09. The predicted octanol–water partition coefficient (Wildman–Crippen LogP) is -0.151. The molecule has 0 aromatic carbocycles. The van der Waals surface area contributed by atoms with Crippen molar-refractivity contribution in [1.82, 2.24) is 9.55 Å². The first-order valence-corrected chi connectivity index (χ1v) is 4.78. The summed E-state index contributed by atoms with van der Waals surface area (Å²) in [5.74, 6) is 0. The lowest BCUT2D eigenvalue weighted by Crippen LogP contribution is -1.91. The van der Waals surface area contributed by atoms with Gasteiger partial charge in [0.1, 0.15) is 6.33 Å². The van der Waals surface area contributed by atoms with Crippen LogP contribution in [-0.4, -0.2) is 24.4 Å². The van der Waals surface area contributed by atoms with Crippen molar-refractivity contribution in [1.29, 1.82) is 0 Å². The molecule has 60 valence electrons. The van der Waals surface area contributed by atoms with Gasteiger partial charge in [-0.1, -0.05) is 0 Å². The van der Waals surface area contributed by atoms with Gasteiger partial charge in [0.05, 0.1) is 6.20 Å². The Bertz CT molecular complexity index is 368. The summed E-state index contributed by atoms with van der Waals surface area (Å²) in [7, 11) is 1.10. The highest BCUT2D eigenvalue weighted by molar-refractivity contribution is 8.13. The molecule has 1 heterocycles. The Labute approximate surface area is 67.0 Å². The maximum Gasteiger partial charge on any atom is 0.280 e. The van der Waals surface area contributed by atoms with Gasteiger partial charge in [-0.15, -0.1) is 0 Å². The lowest BCUT2D eigenvalue weighted by Gasteiger charge is -1.83. The fraction of sp³-hybridized carbons (Fsp3) is 0. The molecule has 0 aliphatic carbocycles. The highest BCUT2D eigenvalue weighted by atomic mass is 35.7. The Hall–Kier alpha value is -0.880. The molecule has 0 aliphatic rings. The molecular formula is C4H3ClN2O3S. The number of hydrogen-bond acceptors (Lipinski definition) is 4. The van der Waals surface area contributed by atoms with Crippen molar-refractivity contribution in [2.75, 3.05) is 0 Å². The van der Waals surface area contributed by atoms with E-state index in [1.54, 1.807) is 0 Å². The fourth-order valence-electron chi connectivity index (χ4n) is 0.501. The molecule has 0 aliphatic heterocycles. The Morgan fingerprint density at radius 3 is 2.55 bits per heavy atom. The molecule has 5 nitrogen and oxygen atoms in total. The molecule has 0 spiro atoms. The van der Waals surface area contributed by atoms with E-state index in [-0.39, 0.29) is 5.03 Å². The van der Waals surface area contributed by atoms with Crippen LogP contribution in [0.5, 0.6) is 0 Å². The molecule has 1 rings (SSSR count). The van der Waals surface area contributed by atoms with Crippen LogP contribution in [0.1, 0.15) is 0 Å². The minimum atomic E-state index is -3.81. The SMILES string of the molecule is O=Cn1cnc(S(=O)(=O)Cl)c1. The van der Waals surface area contributed by atoms with Crippen LogP contribution in [0, 0.1) is 0 Å². The van der Waals surface area contributed by atoms with E-state index in [0.717, 1.165) is 17.1 Å². The number of carbonyl (C=O) groups excluding carboxylic acids is 1. The summed E-state index contributed by atoms with van der Waals surface area (Å²) in [6, 6.07) is 0. The predicted molar refractivity (Wildman–Crippen MR) is 37.4 cm³/mol. The molecule has 0 saturated heterocycles.